The van der Waals surface area contributed by atoms with Gasteiger partial charge in [0.15, 0.2) is 11.8 Å². The van der Waals surface area contributed by atoms with E-state index in [1.807, 2.05) is 24.3 Å². The zero-order chi connectivity index (χ0) is 17.5. The van der Waals surface area contributed by atoms with Crippen LogP contribution in [0.15, 0.2) is 34.2 Å². The maximum Gasteiger partial charge on any atom is 0.191 e. The number of fused-ring (bicyclic) bond motifs is 1. The number of hydrogen-bond acceptors (Lipinski definition) is 4. The second kappa shape index (κ2) is 9.10. The van der Waals surface area contributed by atoms with Crippen molar-refractivity contribution in [1.29, 1.82) is 0 Å². The second-order valence-electron chi connectivity index (χ2n) is 5.71. The molecule has 0 saturated carbocycles. The molecule has 0 aliphatic carbocycles. The third kappa shape index (κ3) is 5.12. The number of aryl methyl sites for hydroxylation is 1. The van der Waals surface area contributed by atoms with Gasteiger partial charge in [0.1, 0.15) is 12.4 Å². The minimum absolute atomic E-state index is 0.548. The lowest BCUT2D eigenvalue weighted by molar-refractivity contribution is 0.685. The lowest BCUT2D eigenvalue weighted by Crippen LogP contribution is -2.38. The van der Waals surface area contributed by atoms with E-state index in [4.69, 9.17) is 11.6 Å². The van der Waals surface area contributed by atoms with Crippen molar-refractivity contribution < 1.29 is 0 Å². The summed E-state index contributed by atoms with van der Waals surface area (Å²) in [6, 6.07) is 7.91. The summed E-state index contributed by atoms with van der Waals surface area (Å²) in [4.78, 5) is 5.85. The first-order valence-corrected chi connectivity index (χ1v) is 9.94. The number of aliphatic imine (C=N–C) groups is 1. The van der Waals surface area contributed by atoms with Crippen LogP contribution in [0.1, 0.15) is 25.0 Å². The molecule has 1 aliphatic rings. The van der Waals surface area contributed by atoms with E-state index in [0.717, 1.165) is 60.9 Å². The van der Waals surface area contributed by atoms with Crippen LogP contribution >= 0.6 is 23.4 Å². The Hall–Kier alpha value is -1.73. The smallest absolute Gasteiger partial charge is 0.191 e. The van der Waals surface area contributed by atoms with Crippen LogP contribution in [-0.4, -0.2) is 39.6 Å². The van der Waals surface area contributed by atoms with Gasteiger partial charge in [-0.15, -0.1) is 22.0 Å². The number of halogens is 1. The molecule has 2 N–H and O–H groups in total. The Morgan fingerprint density at radius 3 is 2.92 bits per heavy atom. The Balaban J connectivity index is 1.47. The second-order valence-corrected chi connectivity index (χ2v) is 7.32. The van der Waals surface area contributed by atoms with Crippen LogP contribution in [0.25, 0.3) is 0 Å². The van der Waals surface area contributed by atoms with Crippen molar-refractivity contribution in [3.05, 3.63) is 40.9 Å². The molecule has 0 amide bonds. The van der Waals surface area contributed by atoms with Crippen molar-refractivity contribution in [1.82, 2.24) is 25.4 Å². The van der Waals surface area contributed by atoms with Gasteiger partial charge in [0, 0.05) is 41.7 Å². The summed E-state index contributed by atoms with van der Waals surface area (Å²) in [7, 11) is 0. The van der Waals surface area contributed by atoms with Gasteiger partial charge < -0.3 is 15.2 Å². The van der Waals surface area contributed by atoms with Crippen LogP contribution in [0.5, 0.6) is 0 Å². The molecule has 0 fully saturated rings. The molecule has 2 aromatic rings. The van der Waals surface area contributed by atoms with E-state index in [-0.39, 0.29) is 0 Å². The first-order valence-electron chi connectivity index (χ1n) is 8.57. The van der Waals surface area contributed by atoms with Gasteiger partial charge in [0.2, 0.25) is 0 Å². The van der Waals surface area contributed by atoms with Crippen LogP contribution < -0.4 is 10.6 Å². The number of nitrogens with one attached hydrogen (secondary N) is 2. The zero-order valence-electron chi connectivity index (χ0n) is 14.3. The summed E-state index contributed by atoms with van der Waals surface area (Å²) in [5.41, 5.74) is 0. The molecule has 6 nitrogen and oxygen atoms in total. The van der Waals surface area contributed by atoms with Crippen LogP contribution in [0.2, 0.25) is 5.02 Å². The third-order valence-electron chi connectivity index (χ3n) is 3.89. The summed E-state index contributed by atoms with van der Waals surface area (Å²) in [6.45, 7) is 5.28. The van der Waals surface area contributed by atoms with Crippen LogP contribution in [0.4, 0.5) is 0 Å². The average molecular weight is 379 g/mol. The average Bonchev–Trinajstić information content (AvgIpc) is 3.22. The SMILES string of the molecule is CCNC(=NCc1nnc2n1CCC2)NCCSc1ccc(Cl)cc1. The highest BCUT2D eigenvalue weighted by atomic mass is 35.5. The molecule has 8 heteroatoms. The monoisotopic (exact) mass is 378 g/mol. The van der Waals surface area contributed by atoms with Crippen LogP contribution in [0, 0.1) is 0 Å². The van der Waals surface area contributed by atoms with E-state index in [9.17, 15) is 0 Å². The Morgan fingerprint density at radius 1 is 1.28 bits per heavy atom. The predicted octanol–water partition coefficient (Wildman–Crippen LogP) is 2.73. The molecule has 1 aliphatic heterocycles. The number of rotatable bonds is 7. The Labute approximate surface area is 157 Å². The first-order chi connectivity index (χ1) is 12.3. The van der Waals surface area contributed by atoms with Crippen molar-refractivity contribution >= 4 is 29.3 Å². The molecular formula is C17H23ClN6S. The third-order valence-corrected chi connectivity index (χ3v) is 5.15. The van der Waals surface area contributed by atoms with Crippen molar-refractivity contribution in [2.45, 2.75) is 37.8 Å². The minimum atomic E-state index is 0.548. The largest absolute Gasteiger partial charge is 0.357 e. The Bertz CT molecular complexity index is 712. The zero-order valence-corrected chi connectivity index (χ0v) is 15.9. The van der Waals surface area contributed by atoms with Gasteiger partial charge in [0.05, 0.1) is 0 Å². The number of thioether (sulfide) groups is 1. The lowest BCUT2D eigenvalue weighted by atomic mass is 10.4. The fraction of sp³-hybridized carbons (Fsp3) is 0.471. The maximum absolute atomic E-state index is 5.90. The topological polar surface area (TPSA) is 67.1 Å². The summed E-state index contributed by atoms with van der Waals surface area (Å²) in [5.74, 6) is 3.80. The van der Waals surface area contributed by atoms with Gasteiger partial charge in [0.25, 0.3) is 0 Å². The summed E-state index contributed by atoms with van der Waals surface area (Å²) >= 11 is 7.70. The van der Waals surface area contributed by atoms with Gasteiger partial charge in [-0.25, -0.2) is 4.99 Å². The van der Waals surface area contributed by atoms with Crippen molar-refractivity contribution in [2.24, 2.45) is 4.99 Å². The van der Waals surface area contributed by atoms with E-state index < -0.39 is 0 Å². The summed E-state index contributed by atoms with van der Waals surface area (Å²) in [6.07, 6.45) is 2.18. The van der Waals surface area contributed by atoms with E-state index in [1.165, 1.54) is 4.90 Å². The number of aromatic nitrogens is 3. The van der Waals surface area contributed by atoms with Crippen LogP contribution in [-0.2, 0) is 19.5 Å². The number of nitrogens with zero attached hydrogens (tertiary/aromatic N) is 4. The Morgan fingerprint density at radius 2 is 2.12 bits per heavy atom. The van der Waals surface area contributed by atoms with Gasteiger partial charge in [-0.1, -0.05) is 11.6 Å². The molecule has 0 saturated heterocycles. The molecule has 134 valence electrons. The molecule has 0 radical (unpaired) electrons. The van der Waals surface area contributed by atoms with Crippen molar-refractivity contribution in [3.63, 3.8) is 0 Å². The minimum Gasteiger partial charge on any atom is -0.357 e. The molecule has 0 bridgehead atoms. The highest BCUT2D eigenvalue weighted by Gasteiger charge is 2.16. The maximum atomic E-state index is 5.90. The Kier molecular flexibility index (Phi) is 6.58. The molecular weight excluding hydrogens is 356 g/mol. The normalized spacial score (nSPS) is 13.8. The molecule has 1 aromatic carbocycles. The lowest BCUT2D eigenvalue weighted by Gasteiger charge is -2.11. The fourth-order valence-corrected chi connectivity index (χ4v) is 3.58. The standard InChI is InChI=1S/C17H23ClN6S/c1-2-19-17(20-9-11-25-14-7-5-13(18)6-8-14)21-12-16-23-22-15-4-3-10-24(15)16/h5-8H,2-4,9-12H2,1H3,(H2,19,20,21). The van der Waals surface area contributed by atoms with Gasteiger partial charge in [-0.2, -0.15) is 0 Å². The molecule has 1 aromatic heterocycles. The molecule has 0 atom stereocenters. The summed E-state index contributed by atoms with van der Waals surface area (Å²) < 4.78 is 2.18. The quantitative estimate of drug-likeness (QED) is 0.335. The van der Waals surface area contributed by atoms with E-state index in [2.05, 4.69) is 37.3 Å². The number of hydrogen-bond donors (Lipinski definition) is 2. The first kappa shape index (κ1) is 18.1. The van der Waals surface area contributed by atoms with Crippen LogP contribution in [0.3, 0.4) is 0 Å². The fourth-order valence-electron chi connectivity index (χ4n) is 2.69. The molecule has 0 unspecified atom stereocenters. The van der Waals surface area contributed by atoms with E-state index >= 15 is 0 Å². The number of benzene rings is 1. The highest BCUT2D eigenvalue weighted by Crippen LogP contribution is 2.19. The molecule has 3 rings (SSSR count). The van der Waals surface area contributed by atoms with Gasteiger partial charge >= 0.3 is 0 Å². The highest BCUT2D eigenvalue weighted by molar-refractivity contribution is 7.99. The number of guanidine groups is 1. The predicted molar refractivity (Wildman–Crippen MR) is 103 cm³/mol. The van der Waals surface area contributed by atoms with Gasteiger partial charge in [-0.05, 0) is 37.6 Å². The molecule has 25 heavy (non-hydrogen) atoms. The summed E-state index contributed by atoms with van der Waals surface area (Å²) in [5, 5.41) is 15.9. The molecule has 2 heterocycles. The van der Waals surface area contributed by atoms with Gasteiger partial charge in [-0.3, -0.25) is 0 Å². The van der Waals surface area contributed by atoms with E-state index in [1.54, 1.807) is 11.8 Å². The molecule has 0 spiro atoms. The van der Waals surface area contributed by atoms with Crippen molar-refractivity contribution in [3.8, 4) is 0 Å². The van der Waals surface area contributed by atoms with Crippen molar-refractivity contribution in [2.75, 3.05) is 18.8 Å². The van der Waals surface area contributed by atoms with E-state index in [0.29, 0.717) is 6.54 Å².